The highest BCUT2D eigenvalue weighted by Gasteiger charge is 2.06. The average Bonchev–Trinajstić information content (AvgIpc) is 2.75. The molecule has 0 aliphatic heterocycles. The summed E-state index contributed by atoms with van der Waals surface area (Å²) in [4.78, 5) is 27.1. The molecule has 2 aromatic heterocycles. The molecule has 100 valence electrons. The van der Waals surface area contributed by atoms with Crippen molar-refractivity contribution in [1.29, 1.82) is 0 Å². The zero-order chi connectivity index (χ0) is 13.7. The van der Waals surface area contributed by atoms with Gasteiger partial charge in [-0.15, -0.1) is 0 Å². The zero-order valence-corrected chi connectivity index (χ0v) is 11.4. The normalized spacial score (nSPS) is 10.4. The Bertz CT molecular complexity index is 604. The number of nitrogens with one attached hydrogen (secondary N) is 1. The lowest BCUT2D eigenvalue weighted by Crippen LogP contribution is -2.26. The van der Waals surface area contributed by atoms with E-state index in [9.17, 15) is 9.59 Å². The van der Waals surface area contributed by atoms with Gasteiger partial charge in [0.1, 0.15) is 0 Å². The van der Waals surface area contributed by atoms with E-state index in [1.165, 1.54) is 0 Å². The number of nitrogens with zero attached hydrogens (tertiary/aromatic N) is 2. The highest BCUT2D eigenvalue weighted by Crippen LogP contribution is 2.01. The van der Waals surface area contributed by atoms with Gasteiger partial charge < -0.3 is 9.88 Å². The predicted octanol–water partition coefficient (Wildman–Crippen LogP) is 1.32. The Morgan fingerprint density at radius 1 is 1.53 bits per heavy atom. The number of hydrogen-bond donors (Lipinski definition) is 1. The Labute approximate surface area is 114 Å². The molecule has 0 unspecified atom stereocenters. The maximum absolute atomic E-state index is 11.7. The first-order chi connectivity index (χ1) is 9.16. The van der Waals surface area contributed by atoms with Gasteiger partial charge in [0.05, 0.1) is 0 Å². The van der Waals surface area contributed by atoms with E-state index in [1.807, 2.05) is 19.1 Å². The van der Waals surface area contributed by atoms with Crippen LogP contribution in [-0.4, -0.2) is 15.5 Å². The minimum Gasteiger partial charge on any atom is -0.352 e. The van der Waals surface area contributed by atoms with Gasteiger partial charge in [0.25, 0.3) is 0 Å². The molecule has 1 N–H and O–H groups in total. The first-order valence-electron chi connectivity index (χ1n) is 5.97. The smallest absolute Gasteiger partial charge is 0.307 e. The molecule has 2 rings (SSSR count). The molecular weight excluding hydrogens is 262 g/mol. The number of hydrogen-bond acceptors (Lipinski definition) is 4. The van der Waals surface area contributed by atoms with E-state index in [4.69, 9.17) is 0 Å². The van der Waals surface area contributed by atoms with Gasteiger partial charge in [-0.3, -0.25) is 14.6 Å². The van der Waals surface area contributed by atoms with Crippen LogP contribution in [0.25, 0.3) is 0 Å². The summed E-state index contributed by atoms with van der Waals surface area (Å²) in [5.41, 5.74) is 1.86. The van der Waals surface area contributed by atoms with Crippen molar-refractivity contribution < 1.29 is 4.79 Å². The van der Waals surface area contributed by atoms with Gasteiger partial charge in [0.2, 0.25) is 5.91 Å². The fourth-order valence-corrected chi connectivity index (χ4v) is 2.44. The number of carbonyl (C=O) groups excluding carboxylic acids is 1. The van der Waals surface area contributed by atoms with Crippen molar-refractivity contribution in [1.82, 2.24) is 14.9 Å². The van der Waals surface area contributed by atoms with Gasteiger partial charge >= 0.3 is 4.87 Å². The van der Waals surface area contributed by atoms with Crippen molar-refractivity contribution in [3.63, 3.8) is 0 Å². The standard InChI is InChI=1S/C13H15N3O2S/c1-10-9-19-13(18)16(10)6-4-12(17)15-8-11-3-2-5-14-7-11/h2-3,5,7,9H,4,6,8H2,1H3,(H,15,17). The average molecular weight is 277 g/mol. The van der Waals surface area contributed by atoms with Crippen LogP contribution in [0, 0.1) is 6.92 Å². The summed E-state index contributed by atoms with van der Waals surface area (Å²) in [5, 5.41) is 4.61. The van der Waals surface area contributed by atoms with Crippen molar-refractivity contribution in [2.45, 2.75) is 26.4 Å². The van der Waals surface area contributed by atoms with Gasteiger partial charge in [0.15, 0.2) is 0 Å². The number of aryl methyl sites for hydroxylation is 1. The molecule has 0 spiro atoms. The number of carbonyl (C=O) groups is 1. The van der Waals surface area contributed by atoms with E-state index in [0.29, 0.717) is 19.5 Å². The maximum Gasteiger partial charge on any atom is 0.307 e. The van der Waals surface area contributed by atoms with Gasteiger partial charge in [-0.05, 0) is 18.6 Å². The van der Waals surface area contributed by atoms with Crippen molar-refractivity contribution in [2.24, 2.45) is 0 Å². The predicted molar refractivity (Wildman–Crippen MR) is 74.0 cm³/mol. The SMILES string of the molecule is Cc1csc(=O)n1CCC(=O)NCc1cccnc1. The van der Waals surface area contributed by atoms with Crippen molar-refractivity contribution >= 4 is 17.2 Å². The molecule has 5 nitrogen and oxygen atoms in total. The summed E-state index contributed by atoms with van der Waals surface area (Å²) >= 11 is 1.16. The lowest BCUT2D eigenvalue weighted by molar-refractivity contribution is -0.121. The molecule has 2 heterocycles. The van der Waals surface area contributed by atoms with Crippen LogP contribution in [0.4, 0.5) is 0 Å². The molecule has 6 heteroatoms. The fraction of sp³-hybridized carbons (Fsp3) is 0.308. The van der Waals surface area contributed by atoms with Crippen LogP contribution in [0.2, 0.25) is 0 Å². The third kappa shape index (κ3) is 3.75. The molecule has 0 aromatic carbocycles. The van der Waals surface area contributed by atoms with E-state index >= 15 is 0 Å². The second kappa shape index (κ2) is 6.29. The Morgan fingerprint density at radius 2 is 2.37 bits per heavy atom. The Morgan fingerprint density at radius 3 is 3.00 bits per heavy atom. The summed E-state index contributed by atoms with van der Waals surface area (Å²) in [5.74, 6) is -0.0682. The van der Waals surface area contributed by atoms with Gasteiger partial charge in [-0.1, -0.05) is 17.4 Å². The van der Waals surface area contributed by atoms with Gasteiger partial charge in [0, 0.05) is 43.0 Å². The first-order valence-corrected chi connectivity index (χ1v) is 6.85. The van der Waals surface area contributed by atoms with Crippen LogP contribution in [-0.2, 0) is 17.9 Å². The van der Waals surface area contributed by atoms with Crippen molar-refractivity contribution in [3.05, 3.63) is 50.8 Å². The summed E-state index contributed by atoms with van der Waals surface area (Å²) in [6.07, 6.45) is 3.71. The molecule has 1 amide bonds. The summed E-state index contributed by atoms with van der Waals surface area (Å²) in [7, 11) is 0. The van der Waals surface area contributed by atoms with Crippen LogP contribution >= 0.6 is 11.3 Å². The molecule has 0 fully saturated rings. The number of rotatable bonds is 5. The lowest BCUT2D eigenvalue weighted by Gasteiger charge is -2.06. The molecular formula is C13H15N3O2S. The van der Waals surface area contributed by atoms with Crippen molar-refractivity contribution in [3.8, 4) is 0 Å². The minimum atomic E-state index is -0.0682. The lowest BCUT2D eigenvalue weighted by atomic mass is 10.3. The second-order valence-electron chi connectivity index (χ2n) is 4.18. The van der Waals surface area contributed by atoms with Gasteiger partial charge in [-0.25, -0.2) is 0 Å². The van der Waals surface area contributed by atoms with Gasteiger partial charge in [-0.2, -0.15) is 0 Å². The van der Waals surface area contributed by atoms with E-state index in [0.717, 1.165) is 22.6 Å². The number of amides is 1. The van der Waals surface area contributed by atoms with Crippen LogP contribution in [0.5, 0.6) is 0 Å². The molecule has 0 radical (unpaired) electrons. The van der Waals surface area contributed by atoms with E-state index in [1.54, 1.807) is 22.3 Å². The second-order valence-corrected chi connectivity index (χ2v) is 5.00. The summed E-state index contributed by atoms with van der Waals surface area (Å²) < 4.78 is 1.62. The molecule has 0 atom stereocenters. The largest absolute Gasteiger partial charge is 0.352 e. The summed E-state index contributed by atoms with van der Waals surface area (Å²) in [6.45, 7) is 2.75. The quantitative estimate of drug-likeness (QED) is 0.896. The topological polar surface area (TPSA) is 64.0 Å². The monoisotopic (exact) mass is 277 g/mol. The highest BCUT2D eigenvalue weighted by atomic mass is 32.1. The zero-order valence-electron chi connectivity index (χ0n) is 10.6. The van der Waals surface area contributed by atoms with E-state index in [-0.39, 0.29) is 10.8 Å². The van der Waals surface area contributed by atoms with Crippen LogP contribution < -0.4 is 10.2 Å². The third-order valence-corrected chi connectivity index (χ3v) is 3.63. The Balaban J connectivity index is 1.81. The van der Waals surface area contributed by atoms with E-state index < -0.39 is 0 Å². The van der Waals surface area contributed by atoms with Crippen molar-refractivity contribution in [2.75, 3.05) is 0 Å². The molecule has 19 heavy (non-hydrogen) atoms. The molecule has 0 saturated heterocycles. The maximum atomic E-state index is 11.7. The molecule has 0 aliphatic carbocycles. The first kappa shape index (κ1) is 13.5. The molecule has 2 aromatic rings. The Hall–Kier alpha value is -1.95. The molecule has 0 aliphatic rings. The minimum absolute atomic E-state index is 0.0161. The van der Waals surface area contributed by atoms with Crippen LogP contribution in [0.1, 0.15) is 17.7 Å². The number of aromatic nitrogens is 2. The third-order valence-electron chi connectivity index (χ3n) is 2.75. The molecule has 0 bridgehead atoms. The molecule has 0 saturated carbocycles. The Kier molecular flexibility index (Phi) is 4.46. The summed E-state index contributed by atoms with van der Waals surface area (Å²) in [6, 6.07) is 3.73. The number of thiazole rings is 1. The highest BCUT2D eigenvalue weighted by molar-refractivity contribution is 7.07. The fourth-order valence-electron chi connectivity index (χ4n) is 1.68. The van der Waals surface area contributed by atoms with Crippen LogP contribution in [0.15, 0.2) is 34.7 Å². The van der Waals surface area contributed by atoms with Crippen LogP contribution in [0.3, 0.4) is 0 Å². The number of pyridine rings is 1. The van der Waals surface area contributed by atoms with E-state index in [2.05, 4.69) is 10.3 Å².